The lowest BCUT2D eigenvalue weighted by molar-refractivity contribution is 0.00374. The van der Waals surface area contributed by atoms with Crippen molar-refractivity contribution in [1.29, 1.82) is 0 Å². The fourth-order valence-corrected chi connectivity index (χ4v) is 4.92. The fourth-order valence-electron chi connectivity index (χ4n) is 3.62. The highest BCUT2D eigenvalue weighted by atomic mass is 35.5. The highest BCUT2D eigenvalue weighted by Gasteiger charge is 2.30. The van der Waals surface area contributed by atoms with Crippen LogP contribution < -0.4 is 10.2 Å². The lowest BCUT2D eigenvalue weighted by Gasteiger charge is -2.32. The van der Waals surface area contributed by atoms with Gasteiger partial charge in [0.2, 0.25) is 0 Å². The number of nitrogens with one attached hydrogen (secondary N) is 1. The highest BCUT2D eigenvalue weighted by molar-refractivity contribution is 7.18. The molecule has 2 aromatic rings. The van der Waals surface area contributed by atoms with Gasteiger partial charge < -0.3 is 20.1 Å². The molecule has 0 bridgehead atoms. The number of morpholine rings is 1. The molecule has 138 valence electrons. The summed E-state index contributed by atoms with van der Waals surface area (Å²) in [6.45, 7) is 2.66. The zero-order valence-corrected chi connectivity index (χ0v) is 15.9. The van der Waals surface area contributed by atoms with Crippen LogP contribution in [-0.2, 0) is 4.74 Å². The van der Waals surface area contributed by atoms with Crippen LogP contribution in [0.4, 0.5) is 5.00 Å². The number of hydrogen-bond acceptors (Lipinski definition) is 5. The van der Waals surface area contributed by atoms with Crippen molar-refractivity contribution < 1.29 is 14.6 Å². The molecular weight excluding hydrogens is 372 g/mol. The topological polar surface area (TPSA) is 61.8 Å². The Morgan fingerprint density at radius 2 is 2.15 bits per heavy atom. The number of fused-ring (bicyclic) bond motifs is 1. The third-order valence-corrected chi connectivity index (χ3v) is 6.44. The zero-order valence-electron chi connectivity index (χ0n) is 14.3. The van der Waals surface area contributed by atoms with E-state index in [2.05, 4.69) is 16.3 Å². The van der Waals surface area contributed by atoms with Crippen molar-refractivity contribution >= 4 is 33.8 Å². The smallest absolute Gasteiger partial charge is 0.261 e. The number of aliphatic hydroxyl groups is 1. The number of nitrogens with zero attached hydrogens (tertiary/aromatic N) is 1. The Bertz CT molecular complexity index is 793. The van der Waals surface area contributed by atoms with E-state index in [0.717, 1.165) is 28.4 Å². The summed E-state index contributed by atoms with van der Waals surface area (Å²) < 4.78 is 5.54. The largest absolute Gasteiger partial charge is 0.394 e. The fraction of sp³-hybridized carbons (Fsp3) is 0.421. The van der Waals surface area contributed by atoms with Crippen molar-refractivity contribution in [2.24, 2.45) is 0 Å². The molecule has 0 radical (unpaired) electrons. The number of carbonyl (C=O) groups is 1. The molecule has 2 atom stereocenters. The van der Waals surface area contributed by atoms with Crippen LogP contribution in [0.25, 0.3) is 0 Å². The molecule has 2 aliphatic rings. The predicted octanol–water partition coefficient (Wildman–Crippen LogP) is 2.86. The van der Waals surface area contributed by atoms with Crippen LogP contribution in [0.1, 0.15) is 33.1 Å². The van der Waals surface area contributed by atoms with Gasteiger partial charge in [0.25, 0.3) is 5.91 Å². The van der Waals surface area contributed by atoms with Gasteiger partial charge in [0.05, 0.1) is 29.2 Å². The molecule has 2 aliphatic heterocycles. The van der Waals surface area contributed by atoms with E-state index < -0.39 is 0 Å². The summed E-state index contributed by atoms with van der Waals surface area (Å²) in [5, 5.41) is 14.2. The molecule has 1 fully saturated rings. The van der Waals surface area contributed by atoms with E-state index in [4.69, 9.17) is 16.3 Å². The average molecular weight is 393 g/mol. The van der Waals surface area contributed by atoms with Gasteiger partial charge in [-0.15, -0.1) is 11.3 Å². The van der Waals surface area contributed by atoms with Gasteiger partial charge in [-0.25, -0.2) is 0 Å². The van der Waals surface area contributed by atoms with E-state index >= 15 is 0 Å². The number of anilines is 1. The first-order chi connectivity index (χ1) is 12.7. The van der Waals surface area contributed by atoms with Crippen LogP contribution in [0.3, 0.4) is 0 Å². The molecule has 26 heavy (non-hydrogen) atoms. The number of benzene rings is 1. The summed E-state index contributed by atoms with van der Waals surface area (Å²) in [5.74, 6) is 0.167. The van der Waals surface area contributed by atoms with Gasteiger partial charge in [-0.2, -0.15) is 0 Å². The maximum absolute atomic E-state index is 12.5. The second-order valence-electron chi connectivity index (χ2n) is 6.64. The van der Waals surface area contributed by atoms with Crippen molar-refractivity contribution in [3.63, 3.8) is 0 Å². The SMILES string of the molecule is O=C1NCCC(c2ccc(Cl)cc2)c2cc(N3CCO[C@H](CO)C3)sc21. The van der Waals surface area contributed by atoms with Gasteiger partial charge in [-0.3, -0.25) is 4.79 Å². The molecule has 0 saturated carbocycles. The van der Waals surface area contributed by atoms with Crippen LogP contribution in [-0.4, -0.2) is 50.0 Å². The lowest BCUT2D eigenvalue weighted by Crippen LogP contribution is -2.43. The van der Waals surface area contributed by atoms with Crippen molar-refractivity contribution in [1.82, 2.24) is 5.32 Å². The van der Waals surface area contributed by atoms with E-state index in [1.807, 2.05) is 24.3 Å². The summed E-state index contributed by atoms with van der Waals surface area (Å²) in [4.78, 5) is 15.5. The Hall–Kier alpha value is -1.60. The van der Waals surface area contributed by atoms with E-state index in [9.17, 15) is 9.90 Å². The quantitative estimate of drug-likeness (QED) is 0.843. The van der Waals surface area contributed by atoms with Gasteiger partial charge in [0, 0.05) is 30.6 Å². The number of halogens is 1. The number of ether oxygens (including phenoxy) is 1. The number of hydrogen-bond donors (Lipinski definition) is 2. The molecule has 0 spiro atoms. The van der Waals surface area contributed by atoms with Gasteiger partial charge in [-0.05, 0) is 35.7 Å². The third-order valence-electron chi connectivity index (χ3n) is 4.97. The Morgan fingerprint density at radius 3 is 2.92 bits per heavy atom. The van der Waals surface area contributed by atoms with Crippen molar-refractivity contribution in [3.8, 4) is 0 Å². The molecule has 1 aromatic heterocycles. The monoisotopic (exact) mass is 392 g/mol. The molecule has 5 nitrogen and oxygen atoms in total. The summed E-state index contributed by atoms with van der Waals surface area (Å²) in [6, 6.07) is 10.0. The van der Waals surface area contributed by atoms with Gasteiger partial charge >= 0.3 is 0 Å². The number of thiophene rings is 1. The van der Waals surface area contributed by atoms with Crippen LogP contribution in [0.15, 0.2) is 30.3 Å². The first-order valence-corrected chi connectivity index (χ1v) is 10.00. The number of aliphatic hydroxyl groups excluding tert-OH is 1. The van der Waals surface area contributed by atoms with Crippen LogP contribution in [0.5, 0.6) is 0 Å². The molecule has 1 unspecified atom stereocenters. The van der Waals surface area contributed by atoms with E-state index in [1.165, 1.54) is 16.9 Å². The normalized spacial score (nSPS) is 23.3. The Kier molecular flexibility index (Phi) is 5.18. The molecule has 1 amide bonds. The first-order valence-electron chi connectivity index (χ1n) is 8.80. The minimum atomic E-state index is -0.174. The van der Waals surface area contributed by atoms with Crippen LogP contribution in [0, 0.1) is 0 Å². The van der Waals surface area contributed by atoms with Crippen molar-refractivity contribution in [2.75, 3.05) is 37.7 Å². The second kappa shape index (κ2) is 7.56. The van der Waals surface area contributed by atoms with Gasteiger partial charge in [-0.1, -0.05) is 23.7 Å². The minimum Gasteiger partial charge on any atom is -0.394 e. The highest BCUT2D eigenvalue weighted by Crippen LogP contribution is 2.40. The predicted molar refractivity (Wildman–Crippen MR) is 104 cm³/mol. The van der Waals surface area contributed by atoms with Gasteiger partial charge in [0.1, 0.15) is 0 Å². The summed E-state index contributed by atoms with van der Waals surface area (Å²) in [5.41, 5.74) is 2.25. The minimum absolute atomic E-state index is 0.000295. The molecule has 1 saturated heterocycles. The molecule has 4 rings (SSSR count). The molecule has 2 N–H and O–H groups in total. The summed E-state index contributed by atoms with van der Waals surface area (Å²) in [6.07, 6.45) is 0.686. The Balaban J connectivity index is 1.69. The summed E-state index contributed by atoms with van der Waals surface area (Å²) in [7, 11) is 0. The summed E-state index contributed by atoms with van der Waals surface area (Å²) >= 11 is 7.56. The average Bonchev–Trinajstić information content (AvgIpc) is 3.05. The number of amides is 1. The maximum Gasteiger partial charge on any atom is 0.261 e. The van der Waals surface area contributed by atoms with Crippen molar-refractivity contribution in [3.05, 3.63) is 51.4 Å². The second-order valence-corrected chi connectivity index (χ2v) is 8.11. The van der Waals surface area contributed by atoms with Crippen LogP contribution in [0.2, 0.25) is 5.02 Å². The molecule has 0 aliphatic carbocycles. The maximum atomic E-state index is 12.5. The van der Waals surface area contributed by atoms with Crippen LogP contribution >= 0.6 is 22.9 Å². The molecular formula is C19H21ClN2O3S. The van der Waals surface area contributed by atoms with Crippen molar-refractivity contribution in [2.45, 2.75) is 18.4 Å². The number of carbonyl (C=O) groups excluding carboxylic acids is 1. The third kappa shape index (κ3) is 3.47. The number of rotatable bonds is 3. The van der Waals surface area contributed by atoms with E-state index in [0.29, 0.717) is 24.7 Å². The Labute approximate surface area is 161 Å². The lowest BCUT2D eigenvalue weighted by atomic mass is 9.89. The zero-order chi connectivity index (χ0) is 18.1. The Morgan fingerprint density at radius 1 is 1.35 bits per heavy atom. The molecule has 3 heterocycles. The molecule has 7 heteroatoms. The van der Waals surface area contributed by atoms with E-state index in [1.54, 1.807) is 0 Å². The van der Waals surface area contributed by atoms with Gasteiger partial charge in [0.15, 0.2) is 0 Å². The first kappa shape index (κ1) is 17.8. The molecule has 1 aromatic carbocycles. The van der Waals surface area contributed by atoms with E-state index in [-0.39, 0.29) is 24.5 Å². The standard InChI is InChI=1S/C19H21ClN2O3S/c20-13-3-1-12(2-4-13)15-5-6-21-19(24)18-16(15)9-17(26-18)22-7-8-25-14(10-22)11-23/h1-4,9,14-15,23H,5-8,10-11H2,(H,21,24)/t14-,15?/m0/s1.